The third-order valence-corrected chi connectivity index (χ3v) is 6.80. The molecule has 164 valence electrons. The van der Waals surface area contributed by atoms with Gasteiger partial charge in [0.2, 0.25) is 5.91 Å². The van der Waals surface area contributed by atoms with Crippen LogP contribution in [0.2, 0.25) is 0 Å². The summed E-state index contributed by atoms with van der Waals surface area (Å²) < 4.78 is 41.3. The first-order valence-electron chi connectivity index (χ1n) is 9.52. The van der Waals surface area contributed by atoms with Crippen molar-refractivity contribution in [3.8, 4) is 11.5 Å². The lowest BCUT2D eigenvalue weighted by Crippen LogP contribution is -2.56. The average molecular weight is 438 g/mol. The molecule has 0 radical (unpaired) electrons. The minimum Gasteiger partial charge on any atom is -0.493 e. The number of amides is 1. The number of likely N-dealkylation sites (N-methyl/N-ethyl adjacent to an activating group) is 1. The number of carbonyl (C=O) groups is 1. The summed E-state index contributed by atoms with van der Waals surface area (Å²) in [6.07, 6.45) is 2.09. The highest BCUT2D eigenvalue weighted by atomic mass is 32.2. The number of anilines is 1. The summed E-state index contributed by atoms with van der Waals surface area (Å²) >= 11 is 0. The molecule has 2 atom stereocenters. The molecule has 2 heterocycles. The maximum atomic E-state index is 13.0. The number of ether oxygens (including phenoxy) is 2. The second-order valence-electron chi connectivity index (χ2n) is 7.03. The molecule has 0 saturated carbocycles. The summed E-state index contributed by atoms with van der Waals surface area (Å²) in [5, 5.41) is 7.17. The first kappa shape index (κ1) is 22.1. The summed E-state index contributed by atoms with van der Waals surface area (Å²) in [5.74, 6) is 0.558. The highest BCUT2D eigenvalue weighted by Crippen LogP contribution is 2.32. The number of nitrogens with one attached hydrogen (secondary N) is 2. The quantitative estimate of drug-likeness (QED) is 0.707. The standard InChI is InChI=1S/C19H27N5O5S/c1-6-24-11-14(12(2)21-24)15-10-16(23(3)30(26,27)22-15)19(25)20-13-7-8-17(28-4)18(9-13)29-5/h7-9,11,15-16,22H,6,10H2,1-5H3,(H,20,25)/t15-,16-/m0/s1. The summed E-state index contributed by atoms with van der Waals surface area (Å²) in [4.78, 5) is 13.0. The van der Waals surface area contributed by atoms with Gasteiger partial charge in [-0.1, -0.05) is 0 Å². The van der Waals surface area contributed by atoms with Gasteiger partial charge < -0.3 is 14.8 Å². The van der Waals surface area contributed by atoms with Gasteiger partial charge in [0.25, 0.3) is 10.2 Å². The predicted octanol–water partition coefficient (Wildman–Crippen LogP) is 1.45. The molecule has 2 N–H and O–H groups in total. The van der Waals surface area contributed by atoms with E-state index in [1.54, 1.807) is 22.9 Å². The van der Waals surface area contributed by atoms with E-state index in [4.69, 9.17) is 9.47 Å². The Bertz CT molecular complexity index is 1040. The summed E-state index contributed by atoms with van der Waals surface area (Å²) in [6, 6.07) is 3.52. The maximum Gasteiger partial charge on any atom is 0.280 e. The largest absolute Gasteiger partial charge is 0.493 e. The molecule has 0 spiro atoms. The van der Waals surface area contributed by atoms with Crippen LogP contribution in [0.25, 0.3) is 0 Å². The van der Waals surface area contributed by atoms with Crippen molar-refractivity contribution in [3.63, 3.8) is 0 Å². The van der Waals surface area contributed by atoms with Gasteiger partial charge >= 0.3 is 0 Å². The van der Waals surface area contributed by atoms with Crippen LogP contribution in [-0.4, -0.2) is 55.7 Å². The van der Waals surface area contributed by atoms with Crippen LogP contribution in [-0.2, 0) is 21.5 Å². The van der Waals surface area contributed by atoms with Crippen molar-refractivity contribution in [1.82, 2.24) is 18.8 Å². The maximum absolute atomic E-state index is 13.0. The predicted molar refractivity (Wildman–Crippen MR) is 112 cm³/mol. The molecular formula is C19H27N5O5S. The molecule has 0 aliphatic carbocycles. The molecule has 1 aliphatic rings. The van der Waals surface area contributed by atoms with Gasteiger partial charge in [0.05, 0.1) is 26.0 Å². The number of nitrogens with zero attached hydrogens (tertiary/aromatic N) is 3. The topological polar surface area (TPSA) is 115 Å². The third-order valence-electron chi connectivity index (χ3n) is 5.21. The number of methoxy groups -OCH3 is 2. The minimum absolute atomic E-state index is 0.269. The fourth-order valence-corrected chi connectivity index (χ4v) is 4.76. The van der Waals surface area contributed by atoms with Crippen molar-refractivity contribution in [2.24, 2.45) is 0 Å². The van der Waals surface area contributed by atoms with E-state index in [0.29, 0.717) is 23.7 Å². The SMILES string of the molecule is CCn1cc([C@@H]2C[C@@H](C(=O)Nc3ccc(OC)c(OC)c3)N(C)S(=O)(=O)N2)c(C)n1. The molecule has 1 amide bonds. The van der Waals surface area contributed by atoms with Crippen LogP contribution >= 0.6 is 0 Å². The second-order valence-corrected chi connectivity index (χ2v) is 8.79. The lowest BCUT2D eigenvalue weighted by molar-refractivity contribution is -0.120. The molecule has 1 aromatic heterocycles. The number of hydrogen-bond acceptors (Lipinski definition) is 6. The molecule has 11 heteroatoms. The van der Waals surface area contributed by atoms with Crippen molar-refractivity contribution in [3.05, 3.63) is 35.7 Å². The highest BCUT2D eigenvalue weighted by molar-refractivity contribution is 7.87. The van der Waals surface area contributed by atoms with Crippen molar-refractivity contribution >= 4 is 21.8 Å². The molecule has 30 heavy (non-hydrogen) atoms. The molecule has 1 saturated heterocycles. The number of aromatic nitrogens is 2. The molecule has 2 aromatic rings. The molecule has 10 nitrogen and oxygen atoms in total. The van der Waals surface area contributed by atoms with E-state index >= 15 is 0 Å². The first-order valence-corrected chi connectivity index (χ1v) is 11.0. The Morgan fingerprint density at radius 1 is 1.30 bits per heavy atom. The molecular weight excluding hydrogens is 410 g/mol. The Labute approximate surface area is 176 Å². The summed E-state index contributed by atoms with van der Waals surface area (Å²) in [7, 11) is 0.568. The van der Waals surface area contributed by atoms with Crippen LogP contribution in [0, 0.1) is 6.92 Å². The zero-order valence-electron chi connectivity index (χ0n) is 17.7. The van der Waals surface area contributed by atoms with Gasteiger partial charge in [-0.2, -0.15) is 22.5 Å². The lowest BCUT2D eigenvalue weighted by atomic mass is 10.00. The van der Waals surface area contributed by atoms with Gasteiger partial charge in [0.15, 0.2) is 11.5 Å². The van der Waals surface area contributed by atoms with Crippen molar-refractivity contribution < 1.29 is 22.7 Å². The van der Waals surface area contributed by atoms with E-state index in [1.807, 2.05) is 20.0 Å². The smallest absolute Gasteiger partial charge is 0.280 e. The molecule has 0 bridgehead atoms. The zero-order valence-corrected chi connectivity index (χ0v) is 18.5. The van der Waals surface area contributed by atoms with Gasteiger partial charge in [-0.05, 0) is 32.4 Å². The van der Waals surface area contributed by atoms with Crippen LogP contribution in [0.1, 0.15) is 30.6 Å². The average Bonchev–Trinajstić information content (AvgIpc) is 3.10. The third kappa shape index (κ3) is 4.27. The van der Waals surface area contributed by atoms with Crippen molar-refractivity contribution in [2.75, 3.05) is 26.6 Å². The summed E-state index contributed by atoms with van der Waals surface area (Å²) in [6.45, 7) is 4.45. The van der Waals surface area contributed by atoms with Crippen molar-refractivity contribution in [2.45, 2.75) is 38.9 Å². The second kappa shape index (κ2) is 8.62. The van der Waals surface area contributed by atoms with Crippen LogP contribution in [0.4, 0.5) is 5.69 Å². The van der Waals surface area contributed by atoms with E-state index in [9.17, 15) is 13.2 Å². The number of aryl methyl sites for hydroxylation is 2. The molecule has 3 rings (SSSR count). The monoisotopic (exact) mass is 437 g/mol. The van der Waals surface area contributed by atoms with Gasteiger partial charge in [0, 0.05) is 37.1 Å². The highest BCUT2D eigenvalue weighted by Gasteiger charge is 2.41. The molecule has 1 aliphatic heterocycles. The van der Waals surface area contributed by atoms with Crippen LogP contribution in [0.5, 0.6) is 11.5 Å². The number of rotatable bonds is 6. The number of carbonyl (C=O) groups excluding carboxylic acids is 1. The Balaban J connectivity index is 1.85. The normalized spacial score (nSPS) is 21.2. The lowest BCUT2D eigenvalue weighted by Gasteiger charge is -2.36. The first-order chi connectivity index (χ1) is 14.2. The molecule has 1 aromatic carbocycles. The van der Waals surface area contributed by atoms with Crippen LogP contribution in [0.3, 0.4) is 0 Å². The van der Waals surface area contributed by atoms with Gasteiger partial charge in [0.1, 0.15) is 6.04 Å². The Morgan fingerprint density at radius 2 is 2.00 bits per heavy atom. The molecule has 0 unspecified atom stereocenters. The Kier molecular flexibility index (Phi) is 6.34. The van der Waals surface area contributed by atoms with Crippen molar-refractivity contribution in [1.29, 1.82) is 0 Å². The number of hydrogen-bond donors (Lipinski definition) is 2. The van der Waals surface area contributed by atoms with Gasteiger partial charge in [-0.3, -0.25) is 9.48 Å². The van der Waals surface area contributed by atoms with Crippen LogP contribution in [0.15, 0.2) is 24.4 Å². The Hall–Kier alpha value is -2.63. The van der Waals surface area contributed by atoms with E-state index in [0.717, 1.165) is 15.6 Å². The Morgan fingerprint density at radius 3 is 2.60 bits per heavy atom. The molecule has 1 fully saturated rings. The van der Waals surface area contributed by atoms with Crippen LogP contribution < -0.4 is 19.5 Å². The fourth-order valence-electron chi connectivity index (χ4n) is 3.49. The minimum atomic E-state index is -3.84. The summed E-state index contributed by atoms with van der Waals surface area (Å²) in [5.41, 5.74) is 1.97. The van der Waals surface area contributed by atoms with Gasteiger partial charge in [-0.15, -0.1) is 0 Å². The number of benzene rings is 1. The van der Waals surface area contributed by atoms with Gasteiger partial charge in [-0.25, -0.2) is 0 Å². The zero-order chi connectivity index (χ0) is 22.1. The van der Waals surface area contributed by atoms with E-state index in [-0.39, 0.29) is 6.42 Å². The fraction of sp³-hybridized carbons (Fsp3) is 0.474. The van der Waals surface area contributed by atoms with E-state index < -0.39 is 28.2 Å². The van der Waals surface area contributed by atoms with E-state index in [1.165, 1.54) is 21.3 Å². The van der Waals surface area contributed by atoms with E-state index in [2.05, 4.69) is 15.1 Å².